The van der Waals surface area contributed by atoms with Gasteiger partial charge in [-0.05, 0) is 84.9 Å². The quantitative estimate of drug-likeness (QED) is 0.196. The largest absolute Gasteiger partial charge is 0.385 e. The third kappa shape index (κ3) is 4.84. The molecular weight excluding hydrogens is 637 g/mol. The van der Waals surface area contributed by atoms with Crippen molar-refractivity contribution in [2.75, 3.05) is 26.1 Å². The first-order valence-electron chi connectivity index (χ1n) is 17.6. The molecule has 0 radical (unpaired) electrons. The van der Waals surface area contributed by atoms with E-state index >= 15 is 0 Å². The van der Waals surface area contributed by atoms with Gasteiger partial charge in [-0.2, -0.15) is 0 Å². The minimum Gasteiger partial charge on any atom is -0.385 e. The van der Waals surface area contributed by atoms with Crippen molar-refractivity contribution in [3.63, 3.8) is 0 Å². The van der Waals surface area contributed by atoms with Crippen molar-refractivity contribution < 1.29 is 0 Å². The smallest absolute Gasteiger partial charge is 0.0704 e. The summed E-state index contributed by atoms with van der Waals surface area (Å²) in [6.45, 7) is 0.687. The highest BCUT2D eigenvalue weighted by Gasteiger charge is 2.33. The Morgan fingerprint density at radius 3 is 1.23 bits per heavy atom. The lowest BCUT2D eigenvalue weighted by Crippen LogP contribution is -2.31. The van der Waals surface area contributed by atoms with Crippen LogP contribution in [0.5, 0.6) is 0 Å². The number of hydrogen-bond donors (Lipinski definition) is 1. The standard InChI is InChI=1S/C46H34N6/c1-3-15-35(16-4-1)49-39-19-7-11-23-43(39)51(44-24-12-8-20-40(44)49)37-27-33(29-47-31-37)34-28-38(32-48-30-34)52-45-25-13-9-21-41(45)50(36-17-5-2-6-18-36)42-22-10-14-26-46(42)52/h1-31,48H,32H2. The van der Waals surface area contributed by atoms with Crippen molar-refractivity contribution in [1.29, 1.82) is 0 Å². The van der Waals surface area contributed by atoms with Gasteiger partial charge in [0.2, 0.25) is 0 Å². The molecule has 0 fully saturated rings. The number of hydrogen-bond acceptors (Lipinski definition) is 6. The number of benzene rings is 6. The van der Waals surface area contributed by atoms with E-state index in [1.54, 1.807) is 0 Å². The predicted octanol–water partition coefficient (Wildman–Crippen LogP) is 11.8. The number of nitrogens with zero attached hydrogens (tertiary/aromatic N) is 5. The zero-order chi connectivity index (χ0) is 34.4. The maximum Gasteiger partial charge on any atom is 0.0704 e. The van der Waals surface area contributed by atoms with Gasteiger partial charge in [-0.15, -0.1) is 0 Å². The lowest BCUT2D eigenvalue weighted by molar-refractivity contribution is 0.890. The van der Waals surface area contributed by atoms with Crippen molar-refractivity contribution in [2.45, 2.75) is 0 Å². The second-order valence-electron chi connectivity index (χ2n) is 13.0. The number of pyridine rings is 1. The topological polar surface area (TPSA) is 37.9 Å². The number of rotatable bonds is 5. The van der Waals surface area contributed by atoms with Gasteiger partial charge in [0, 0.05) is 40.6 Å². The first kappa shape index (κ1) is 29.8. The summed E-state index contributed by atoms with van der Waals surface area (Å²) in [5.74, 6) is 0. The van der Waals surface area contributed by atoms with Crippen LogP contribution in [-0.4, -0.2) is 11.5 Å². The maximum atomic E-state index is 4.84. The number of fused-ring (bicyclic) bond motifs is 4. The number of anilines is 11. The summed E-state index contributed by atoms with van der Waals surface area (Å²) in [6.07, 6.45) is 8.34. The summed E-state index contributed by atoms with van der Waals surface area (Å²) < 4.78 is 0. The molecule has 248 valence electrons. The number of nitrogens with one attached hydrogen (secondary N) is 1. The fraction of sp³-hybridized carbons (Fsp3) is 0.0217. The Morgan fingerprint density at radius 1 is 0.404 bits per heavy atom. The normalized spacial score (nSPS) is 14.3. The summed E-state index contributed by atoms with van der Waals surface area (Å²) in [7, 11) is 0. The van der Waals surface area contributed by atoms with Crippen LogP contribution in [0, 0.1) is 0 Å². The lowest BCUT2D eigenvalue weighted by Gasteiger charge is -2.41. The van der Waals surface area contributed by atoms with Gasteiger partial charge >= 0.3 is 0 Å². The molecule has 0 unspecified atom stereocenters. The highest BCUT2D eigenvalue weighted by atomic mass is 15.3. The molecule has 6 nitrogen and oxygen atoms in total. The Labute approximate surface area is 303 Å². The molecule has 0 amide bonds. The molecule has 1 N–H and O–H groups in total. The Kier molecular flexibility index (Phi) is 7.10. The zero-order valence-electron chi connectivity index (χ0n) is 28.3. The highest BCUT2D eigenvalue weighted by Crippen LogP contribution is 2.55. The van der Waals surface area contributed by atoms with E-state index in [0.29, 0.717) is 6.54 Å². The van der Waals surface area contributed by atoms with E-state index in [1.165, 1.54) is 0 Å². The number of para-hydroxylation sites is 10. The molecular formula is C46H34N6. The third-order valence-electron chi connectivity index (χ3n) is 9.95. The van der Waals surface area contributed by atoms with Crippen LogP contribution >= 0.6 is 0 Å². The number of dihydropyridines is 1. The van der Waals surface area contributed by atoms with Gasteiger partial charge in [0.15, 0.2) is 0 Å². The van der Waals surface area contributed by atoms with E-state index < -0.39 is 0 Å². The maximum absolute atomic E-state index is 4.84. The first-order chi connectivity index (χ1) is 25.8. The summed E-state index contributed by atoms with van der Waals surface area (Å²) in [6, 6.07) is 57.9. The van der Waals surface area contributed by atoms with Gasteiger partial charge in [-0.3, -0.25) is 4.98 Å². The monoisotopic (exact) mass is 670 g/mol. The van der Waals surface area contributed by atoms with Gasteiger partial charge in [0.05, 0.1) is 63.9 Å². The van der Waals surface area contributed by atoms with Crippen LogP contribution in [-0.2, 0) is 0 Å². The molecule has 4 heterocycles. The molecule has 0 saturated carbocycles. The van der Waals surface area contributed by atoms with Crippen LogP contribution in [0.3, 0.4) is 0 Å². The minimum absolute atomic E-state index is 0.687. The fourth-order valence-corrected chi connectivity index (χ4v) is 7.74. The molecule has 3 aliphatic rings. The van der Waals surface area contributed by atoms with Crippen LogP contribution in [0.1, 0.15) is 5.56 Å². The van der Waals surface area contributed by atoms with Crippen molar-refractivity contribution >= 4 is 68.1 Å². The van der Waals surface area contributed by atoms with Crippen molar-refractivity contribution in [2.24, 2.45) is 0 Å². The molecule has 0 atom stereocenters. The predicted molar refractivity (Wildman–Crippen MR) is 214 cm³/mol. The van der Waals surface area contributed by atoms with Crippen molar-refractivity contribution in [1.82, 2.24) is 10.3 Å². The average molecular weight is 671 g/mol. The second kappa shape index (κ2) is 12.4. The number of allylic oxidation sites excluding steroid dienone is 2. The van der Waals surface area contributed by atoms with Crippen LogP contribution in [0.4, 0.5) is 62.6 Å². The summed E-state index contributed by atoms with van der Waals surface area (Å²) in [5, 5.41) is 3.61. The van der Waals surface area contributed by atoms with Gasteiger partial charge in [0.1, 0.15) is 0 Å². The van der Waals surface area contributed by atoms with E-state index in [-0.39, 0.29) is 0 Å². The Balaban J connectivity index is 1.06. The second-order valence-corrected chi connectivity index (χ2v) is 13.0. The molecule has 6 heteroatoms. The fourth-order valence-electron chi connectivity index (χ4n) is 7.74. The van der Waals surface area contributed by atoms with Crippen molar-refractivity contribution in [3.05, 3.63) is 200 Å². The molecule has 0 spiro atoms. The Bertz CT molecular complexity index is 2410. The molecule has 0 aliphatic carbocycles. The van der Waals surface area contributed by atoms with Gasteiger partial charge < -0.3 is 24.9 Å². The molecule has 0 bridgehead atoms. The SMILES string of the molecule is C1=C(c2cncc(N3c4ccccc4N(c4ccccc4)c4ccccc43)c2)C=C(N2c3ccccc3N(c3ccccc3)c3ccccc32)CN1. The van der Waals surface area contributed by atoms with Crippen LogP contribution in [0.15, 0.2) is 194 Å². The highest BCUT2D eigenvalue weighted by molar-refractivity contribution is 6.02. The summed E-state index contributed by atoms with van der Waals surface area (Å²) in [5.41, 5.74) is 15.5. The van der Waals surface area contributed by atoms with E-state index in [1.807, 2.05) is 12.4 Å². The lowest BCUT2D eigenvalue weighted by atomic mass is 10.0. The molecule has 0 saturated heterocycles. The molecule has 6 aromatic carbocycles. The van der Waals surface area contributed by atoms with Gasteiger partial charge in [-0.25, -0.2) is 0 Å². The van der Waals surface area contributed by atoms with E-state index in [9.17, 15) is 0 Å². The minimum atomic E-state index is 0.687. The van der Waals surface area contributed by atoms with E-state index in [0.717, 1.165) is 79.4 Å². The van der Waals surface area contributed by atoms with E-state index in [2.05, 4.69) is 201 Å². The Hall–Kier alpha value is -7.05. The Morgan fingerprint density at radius 2 is 0.788 bits per heavy atom. The third-order valence-corrected chi connectivity index (χ3v) is 9.95. The molecule has 1 aromatic heterocycles. The summed E-state index contributed by atoms with van der Waals surface area (Å²) >= 11 is 0. The zero-order valence-corrected chi connectivity index (χ0v) is 28.3. The van der Waals surface area contributed by atoms with Crippen molar-refractivity contribution in [3.8, 4) is 0 Å². The molecule has 7 aromatic rings. The van der Waals surface area contributed by atoms with E-state index in [4.69, 9.17) is 4.98 Å². The van der Waals surface area contributed by atoms with Crippen LogP contribution in [0.2, 0.25) is 0 Å². The van der Waals surface area contributed by atoms with Crippen LogP contribution in [0.25, 0.3) is 5.57 Å². The molecule has 10 rings (SSSR count). The molecule has 52 heavy (non-hydrogen) atoms. The van der Waals surface area contributed by atoms with Gasteiger partial charge in [0.25, 0.3) is 0 Å². The summed E-state index contributed by atoms with van der Waals surface area (Å²) in [4.78, 5) is 14.3. The number of aromatic nitrogens is 1. The van der Waals surface area contributed by atoms with Crippen LogP contribution < -0.4 is 24.9 Å². The first-order valence-corrected chi connectivity index (χ1v) is 17.6. The molecule has 3 aliphatic heterocycles. The average Bonchev–Trinajstić information content (AvgIpc) is 3.22. The van der Waals surface area contributed by atoms with Gasteiger partial charge in [-0.1, -0.05) is 84.9 Å².